The first-order chi connectivity index (χ1) is 19.5. The van der Waals surface area contributed by atoms with Crippen molar-refractivity contribution in [3.8, 4) is 23.0 Å². The Morgan fingerprint density at radius 3 is 2.02 bits per heavy atom. The molecule has 4 aromatic rings. The van der Waals surface area contributed by atoms with Crippen molar-refractivity contribution in [3.63, 3.8) is 0 Å². The zero-order valence-corrected chi connectivity index (χ0v) is 22.7. The maximum atomic E-state index is 13.4. The Balaban J connectivity index is 1.42. The Labute approximate surface area is 234 Å². The van der Waals surface area contributed by atoms with Gasteiger partial charge in [-0.25, -0.2) is 0 Å². The highest BCUT2D eigenvalue weighted by atomic mass is 16.5. The highest BCUT2D eigenvalue weighted by Crippen LogP contribution is 2.25. The number of ketones is 1. The standard InChI is InChI=1S/C33H33NO6/c1-37-29-17-18-32(38-2)26(20-29)21-33(36)34-30(23-39-22-25-9-5-3-6-10-25)31(35)19-24-13-15-28(16-14-24)40-27-11-7-4-8-12-27/h3-18,20,30H,19,21-23H2,1-2H3,(H,34,36). The maximum absolute atomic E-state index is 13.4. The van der Waals surface area contributed by atoms with Crippen molar-refractivity contribution in [2.45, 2.75) is 25.5 Å². The lowest BCUT2D eigenvalue weighted by Crippen LogP contribution is -2.45. The number of Topliss-reactive ketones (excluding diaryl/α,β-unsaturated/α-hetero) is 1. The molecule has 7 nitrogen and oxygen atoms in total. The highest BCUT2D eigenvalue weighted by molar-refractivity contribution is 5.91. The second kappa shape index (κ2) is 14.5. The van der Waals surface area contributed by atoms with Gasteiger partial charge in [-0.1, -0.05) is 60.7 Å². The molecule has 0 spiro atoms. The Kier molecular flexibility index (Phi) is 10.3. The number of rotatable bonds is 14. The molecule has 0 saturated heterocycles. The van der Waals surface area contributed by atoms with Gasteiger partial charge in [-0.05, 0) is 53.6 Å². The summed E-state index contributed by atoms with van der Waals surface area (Å²) in [5.74, 6) is 2.11. The second-order valence-electron chi connectivity index (χ2n) is 9.18. The molecule has 4 aromatic carbocycles. The van der Waals surface area contributed by atoms with Gasteiger partial charge in [0.15, 0.2) is 5.78 Å². The molecule has 0 heterocycles. The number of carbonyl (C=O) groups is 2. The molecular formula is C33H33NO6. The van der Waals surface area contributed by atoms with Crippen LogP contribution in [-0.2, 0) is 33.8 Å². The van der Waals surface area contributed by atoms with Gasteiger partial charge < -0.3 is 24.3 Å². The Hall–Kier alpha value is -4.62. The zero-order chi connectivity index (χ0) is 28.2. The molecule has 0 aromatic heterocycles. The van der Waals surface area contributed by atoms with Crippen LogP contribution >= 0.6 is 0 Å². The molecule has 0 aliphatic carbocycles. The lowest BCUT2D eigenvalue weighted by molar-refractivity contribution is -0.128. The van der Waals surface area contributed by atoms with Gasteiger partial charge in [0.2, 0.25) is 5.91 Å². The van der Waals surface area contributed by atoms with E-state index >= 15 is 0 Å². The lowest BCUT2D eigenvalue weighted by Gasteiger charge is -2.19. The molecule has 0 radical (unpaired) electrons. The summed E-state index contributed by atoms with van der Waals surface area (Å²) in [6, 6.07) is 30.9. The molecule has 4 rings (SSSR count). The first kappa shape index (κ1) is 28.4. The zero-order valence-electron chi connectivity index (χ0n) is 22.7. The molecule has 0 aliphatic rings. The maximum Gasteiger partial charge on any atom is 0.225 e. The summed E-state index contributed by atoms with van der Waals surface area (Å²) in [4.78, 5) is 26.4. The van der Waals surface area contributed by atoms with E-state index in [0.717, 1.165) is 16.9 Å². The van der Waals surface area contributed by atoms with Gasteiger partial charge in [-0.2, -0.15) is 0 Å². The molecule has 206 valence electrons. The number of ether oxygens (including phenoxy) is 4. The van der Waals surface area contributed by atoms with Crippen molar-refractivity contribution in [2.75, 3.05) is 20.8 Å². The Bertz CT molecular complexity index is 1370. The van der Waals surface area contributed by atoms with E-state index in [9.17, 15) is 9.59 Å². The summed E-state index contributed by atoms with van der Waals surface area (Å²) in [6.45, 7) is 0.375. The molecule has 0 aliphatic heterocycles. The van der Waals surface area contributed by atoms with Crippen molar-refractivity contribution < 1.29 is 28.5 Å². The van der Waals surface area contributed by atoms with Gasteiger partial charge in [0, 0.05) is 12.0 Å². The van der Waals surface area contributed by atoms with E-state index in [1.165, 1.54) is 0 Å². The van der Waals surface area contributed by atoms with E-state index < -0.39 is 6.04 Å². The lowest BCUT2D eigenvalue weighted by atomic mass is 10.0. The van der Waals surface area contributed by atoms with Gasteiger partial charge in [-0.3, -0.25) is 9.59 Å². The third-order valence-corrected chi connectivity index (χ3v) is 6.24. The quantitative estimate of drug-likeness (QED) is 0.226. The molecular weight excluding hydrogens is 506 g/mol. The fraction of sp³-hybridized carbons (Fsp3) is 0.212. The number of benzene rings is 4. The number of para-hydroxylation sites is 1. The van der Waals surface area contributed by atoms with Gasteiger partial charge >= 0.3 is 0 Å². The fourth-order valence-electron chi connectivity index (χ4n) is 4.15. The van der Waals surface area contributed by atoms with E-state index in [0.29, 0.717) is 29.4 Å². The second-order valence-corrected chi connectivity index (χ2v) is 9.18. The van der Waals surface area contributed by atoms with Crippen LogP contribution in [0.4, 0.5) is 0 Å². The van der Waals surface area contributed by atoms with E-state index in [4.69, 9.17) is 18.9 Å². The first-order valence-corrected chi connectivity index (χ1v) is 13.0. The summed E-state index contributed by atoms with van der Waals surface area (Å²) in [6.07, 6.45) is 0.155. The summed E-state index contributed by atoms with van der Waals surface area (Å²) < 4.78 is 22.4. The number of amides is 1. The normalized spacial score (nSPS) is 11.3. The molecule has 40 heavy (non-hydrogen) atoms. The minimum Gasteiger partial charge on any atom is -0.497 e. The van der Waals surface area contributed by atoms with Crippen LogP contribution in [0.2, 0.25) is 0 Å². The molecule has 0 bridgehead atoms. The number of hydrogen-bond acceptors (Lipinski definition) is 6. The van der Waals surface area contributed by atoms with Crippen LogP contribution in [0, 0.1) is 0 Å². The van der Waals surface area contributed by atoms with Crippen LogP contribution in [0.1, 0.15) is 16.7 Å². The summed E-state index contributed by atoms with van der Waals surface area (Å²) in [5.41, 5.74) is 2.45. The predicted molar refractivity (Wildman–Crippen MR) is 153 cm³/mol. The molecule has 0 saturated carbocycles. The van der Waals surface area contributed by atoms with Crippen LogP contribution in [0.3, 0.4) is 0 Å². The van der Waals surface area contributed by atoms with Crippen LogP contribution < -0.4 is 19.5 Å². The smallest absolute Gasteiger partial charge is 0.225 e. The molecule has 1 N–H and O–H groups in total. The summed E-state index contributed by atoms with van der Waals surface area (Å²) in [7, 11) is 3.11. The Morgan fingerprint density at radius 2 is 1.35 bits per heavy atom. The molecule has 0 fully saturated rings. The van der Waals surface area contributed by atoms with Crippen LogP contribution in [0.25, 0.3) is 0 Å². The Morgan fingerprint density at radius 1 is 0.700 bits per heavy atom. The number of carbonyl (C=O) groups excluding carboxylic acids is 2. The van der Waals surface area contributed by atoms with Crippen molar-refractivity contribution >= 4 is 11.7 Å². The van der Waals surface area contributed by atoms with Crippen molar-refractivity contribution in [1.82, 2.24) is 5.32 Å². The number of nitrogens with one attached hydrogen (secondary N) is 1. The minimum absolute atomic E-state index is 0.0222. The topological polar surface area (TPSA) is 83.1 Å². The van der Waals surface area contributed by atoms with Gasteiger partial charge in [0.05, 0.1) is 33.9 Å². The fourth-order valence-corrected chi connectivity index (χ4v) is 4.15. The van der Waals surface area contributed by atoms with E-state index in [2.05, 4.69) is 5.32 Å². The third-order valence-electron chi connectivity index (χ3n) is 6.24. The predicted octanol–water partition coefficient (Wildman–Crippen LogP) is 5.55. The van der Waals surface area contributed by atoms with Gasteiger partial charge in [0.1, 0.15) is 29.0 Å². The molecule has 1 amide bonds. The average molecular weight is 540 g/mol. The number of hydrogen-bond donors (Lipinski definition) is 1. The van der Waals surface area contributed by atoms with Crippen LogP contribution in [0.5, 0.6) is 23.0 Å². The third kappa shape index (κ3) is 8.44. The van der Waals surface area contributed by atoms with Crippen LogP contribution in [0.15, 0.2) is 103 Å². The van der Waals surface area contributed by atoms with Crippen molar-refractivity contribution in [1.29, 1.82) is 0 Å². The van der Waals surface area contributed by atoms with Crippen LogP contribution in [-0.4, -0.2) is 38.6 Å². The minimum atomic E-state index is -0.826. The van der Waals surface area contributed by atoms with Gasteiger partial charge in [0.25, 0.3) is 0 Å². The molecule has 7 heteroatoms. The van der Waals surface area contributed by atoms with Gasteiger partial charge in [-0.15, -0.1) is 0 Å². The monoisotopic (exact) mass is 539 g/mol. The highest BCUT2D eigenvalue weighted by Gasteiger charge is 2.22. The number of methoxy groups -OCH3 is 2. The molecule has 1 atom stereocenters. The molecule has 1 unspecified atom stereocenters. The van der Waals surface area contributed by atoms with Crippen molar-refractivity contribution in [3.05, 3.63) is 120 Å². The van der Waals surface area contributed by atoms with E-state index in [1.807, 2.05) is 84.9 Å². The first-order valence-electron chi connectivity index (χ1n) is 13.0. The largest absolute Gasteiger partial charge is 0.497 e. The van der Waals surface area contributed by atoms with E-state index in [1.54, 1.807) is 32.4 Å². The summed E-state index contributed by atoms with van der Waals surface area (Å²) in [5, 5.41) is 2.87. The van der Waals surface area contributed by atoms with E-state index in [-0.39, 0.29) is 31.1 Å². The van der Waals surface area contributed by atoms with Crippen molar-refractivity contribution in [2.24, 2.45) is 0 Å². The average Bonchev–Trinajstić information content (AvgIpc) is 2.98. The summed E-state index contributed by atoms with van der Waals surface area (Å²) >= 11 is 0. The SMILES string of the molecule is COc1ccc(OC)c(CC(=O)NC(COCc2ccccc2)C(=O)Cc2ccc(Oc3ccccc3)cc2)c1.